The van der Waals surface area contributed by atoms with Crippen molar-refractivity contribution < 1.29 is 4.39 Å². The first-order valence-corrected chi connectivity index (χ1v) is 30.0. The van der Waals surface area contributed by atoms with Crippen LogP contribution in [0.5, 0.6) is 0 Å². The summed E-state index contributed by atoms with van der Waals surface area (Å²) in [6.45, 7) is 13.5. The summed E-state index contributed by atoms with van der Waals surface area (Å²) in [5.41, 5.74) is 27.1. The highest BCUT2D eigenvalue weighted by Crippen LogP contribution is 2.61. The van der Waals surface area contributed by atoms with Crippen LogP contribution >= 0.6 is 0 Å². The molecular weight excluding hydrogens is 1060 g/mol. The van der Waals surface area contributed by atoms with E-state index in [2.05, 4.69) is 261 Å². The maximum Gasteiger partial charge on any atom is 0.147 e. The Hall–Kier alpha value is -10.8. The van der Waals surface area contributed by atoms with E-state index in [1.54, 1.807) is 6.07 Å². The fourth-order valence-electron chi connectivity index (χ4n) is 14.4. The van der Waals surface area contributed by atoms with E-state index >= 15 is 4.39 Å². The molecular formula is C83H60FN3. The molecule has 3 nitrogen and oxygen atoms in total. The van der Waals surface area contributed by atoms with Crippen molar-refractivity contribution >= 4 is 72.3 Å². The summed E-state index contributed by atoms with van der Waals surface area (Å²) in [7, 11) is 0. The fraction of sp³-hybridized carbons (Fsp3) is 0.0602. The minimum atomic E-state index is -0.887. The molecule has 0 spiro atoms. The van der Waals surface area contributed by atoms with Gasteiger partial charge in [-0.25, -0.2) is 4.39 Å². The molecule has 0 unspecified atom stereocenters. The summed E-state index contributed by atoms with van der Waals surface area (Å²) in [4.78, 5) is 4.61. The summed E-state index contributed by atoms with van der Waals surface area (Å²) in [5.74, 6) is -0.311. The smallest absolute Gasteiger partial charge is 0.147 e. The average molecular weight is 1120 g/mol. The SMILES string of the molecule is C=C1c2ccccc2-c2cc(N(c3ccc4c(c3)C(c3ccc(C)c(C)c3)(c3ccc(C)c(C)c3)c3cc(N(c5ccccc5)c5ccc(-c6ccccc6)cc5F)c5ccccc5c3-4)c3ccc4c(c3)c3ccccc3n4-c3ccccc3)ccc21. The summed E-state index contributed by atoms with van der Waals surface area (Å²) >= 11 is 0. The summed E-state index contributed by atoms with van der Waals surface area (Å²) in [6.07, 6.45) is 0. The highest BCUT2D eigenvalue weighted by atomic mass is 19.1. The Kier molecular flexibility index (Phi) is 12.0. The fourth-order valence-corrected chi connectivity index (χ4v) is 14.4. The van der Waals surface area contributed by atoms with E-state index in [1.807, 2.05) is 60.7 Å². The highest BCUT2D eigenvalue weighted by Gasteiger charge is 2.48. The predicted octanol–water partition coefficient (Wildman–Crippen LogP) is 22.3. The number of rotatable bonds is 10. The van der Waals surface area contributed by atoms with Crippen molar-refractivity contribution in [2.45, 2.75) is 33.1 Å². The molecule has 13 aromatic carbocycles. The van der Waals surface area contributed by atoms with Crippen LogP contribution in [0.15, 0.2) is 286 Å². The molecule has 4 heteroatoms. The Balaban J connectivity index is 0.996. The van der Waals surface area contributed by atoms with Crippen molar-refractivity contribution in [1.29, 1.82) is 0 Å². The first-order chi connectivity index (χ1) is 42.6. The zero-order chi connectivity index (χ0) is 58.7. The second-order valence-corrected chi connectivity index (χ2v) is 23.6. The number of benzene rings is 13. The molecule has 0 saturated carbocycles. The molecule has 0 radical (unpaired) electrons. The molecule has 2 aliphatic carbocycles. The summed E-state index contributed by atoms with van der Waals surface area (Å²) in [5, 5.41) is 4.45. The Morgan fingerprint density at radius 3 is 1.61 bits per heavy atom. The van der Waals surface area contributed by atoms with Crippen molar-refractivity contribution in [2.75, 3.05) is 9.80 Å². The van der Waals surface area contributed by atoms with Crippen molar-refractivity contribution in [3.8, 4) is 39.1 Å². The van der Waals surface area contributed by atoms with Crippen LogP contribution in [0, 0.1) is 33.5 Å². The van der Waals surface area contributed by atoms with E-state index in [0.29, 0.717) is 5.69 Å². The Labute approximate surface area is 507 Å². The molecule has 0 amide bonds. The van der Waals surface area contributed by atoms with Crippen LogP contribution in [0.4, 0.5) is 38.5 Å². The van der Waals surface area contributed by atoms with Gasteiger partial charge in [-0.1, -0.05) is 195 Å². The van der Waals surface area contributed by atoms with Crippen LogP contribution in [0.2, 0.25) is 0 Å². The lowest BCUT2D eigenvalue weighted by Crippen LogP contribution is -2.29. The van der Waals surface area contributed by atoms with Gasteiger partial charge in [-0.2, -0.15) is 0 Å². The normalized spacial score (nSPS) is 12.8. The van der Waals surface area contributed by atoms with Crippen molar-refractivity contribution in [3.63, 3.8) is 0 Å². The maximum absolute atomic E-state index is 17.6. The van der Waals surface area contributed by atoms with Gasteiger partial charge in [0.05, 0.1) is 27.8 Å². The van der Waals surface area contributed by atoms with Gasteiger partial charge in [0.15, 0.2) is 0 Å². The van der Waals surface area contributed by atoms with Gasteiger partial charge in [0, 0.05) is 44.6 Å². The first-order valence-electron chi connectivity index (χ1n) is 30.0. The van der Waals surface area contributed by atoms with Crippen molar-refractivity contribution in [3.05, 3.63) is 347 Å². The topological polar surface area (TPSA) is 11.4 Å². The Morgan fingerprint density at radius 1 is 0.345 bits per heavy atom. The minimum Gasteiger partial charge on any atom is -0.310 e. The van der Waals surface area contributed by atoms with Crippen LogP contribution in [-0.4, -0.2) is 4.57 Å². The third kappa shape index (κ3) is 8.01. The molecule has 2 aliphatic rings. The Morgan fingerprint density at radius 2 is 0.908 bits per heavy atom. The van der Waals surface area contributed by atoms with Gasteiger partial charge in [0.25, 0.3) is 0 Å². The second-order valence-electron chi connectivity index (χ2n) is 23.6. The van der Waals surface area contributed by atoms with Crippen LogP contribution < -0.4 is 9.80 Å². The molecule has 87 heavy (non-hydrogen) atoms. The minimum absolute atomic E-state index is 0.311. The lowest BCUT2D eigenvalue weighted by molar-refractivity contribution is 0.629. The average Bonchev–Trinajstić information content (AvgIpc) is 1.57. The largest absolute Gasteiger partial charge is 0.310 e. The van der Waals surface area contributed by atoms with Gasteiger partial charge in [0.2, 0.25) is 0 Å². The van der Waals surface area contributed by atoms with Crippen LogP contribution in [0.3, 0.4) is 0 Å². The summed E-state index contributed by atoms with van der Waals surface area (Å²) < 4.78 is 20.0. The van der Waals surface area contributed by atoms with E-state index in [4.69, 9.17) is 0 Å². The molecule has 0 bridgehead atoms. The first kappa shape index (κ1) is 51.8. The predicted molar refractivity (Wildman–Crippen MR) is 363 cm³/mol. The lowest BCUT2D eigenvalue weighted by atomic mass is 9.66. The van der Waals surface area contributed by atoms with Gasteiger partial charge < -0.3 is 14.4 Å². The quantitative estimate of drug-likeness (QED) is 0.135. The van der Waals surface area contributed by atoms with Gasteiger partial charge in [-0.3, -0.25) is 0 Å². The van der Waals surface area contributed by atoms with Crippen LogP contribution in [0.25, 0.3) is 77.2 Å². The number of anilines is 6. The van der Waals surface area contributed by atoms with E-state index in [0.717, 1.165) is 117 Å². The van der Waals surface area contributed by atoms with Gasteiger partial charge in [-0.05, 0) is 219 Å². The van der Waals surface area contributed by atoms with Crippen LogP contribution in [-0.2, 0) is 5.41 Å². The Bertz CT molecular complexity index is 5080. The highest BCUT2D eigenvalue weighted by molar-refractivity contribution is 6.13. The van der Waals surface area contributed by atoms with Gasteiger partial charge in [0.1, 0.15) is 5.82 Å². The number of hydrogen-bond donors (Lipinski definition) is 0. The van der Waals surface area contributed by atoms with Gasteiger partial charge >= 0.3 is 0 Å². The summed E-state index contributed by atoms with van der Waals surface area (Å²) in [6, 6.07) is 101. The molecule has 0 atom stereocenters. The monoisotopic (exact) mass is 1120 g/mol. The maximum atomic E-state index is 17.6. The van der Waals surface area contributed by atoms with E-state index in [1.165, 1.54) is 44.3 Å². The molecule has 414 valence electrons. The number of aromatic nitrogens is 1. The molecule has 14 aromatic rings. The molecule has 0 N–H and O–H groups in total. The van der Waals surface area contributed by atoms with E-state index < -0.39 is 5.41 Å². The van der Waals surface area contributed by atoms with Crippen molar-refractivity contribution in [1.82, 2.24) is 4.57 Å². The molecule has 16 rings (SSSR count). The number of para-hydroxylation sites is 3. The number of hydrogen-bond acceptors (Lipinski definition) is 2. The van der Waals surface area contributed by atoms with Crippen LogP contribution in [0.1, 0.15) is 55.6 Å². The molecule has 0 fully saturated rings. The van der Waals surface area contributed by atoms with Crippen molar-refractivity contribution in [2.24, 2.45) is 0 Å². The van der Waals surface area contributed by atoms with E-state index in [9.17, 15) is 0 Å². The molecule has 0 saturated heterocycles. The lowest BCUT2D eigenvalue weighted by Gasteiger charge is -2.37. The number of fused-ring (bicyclic) bond motifs is 11. The van der Waals surface area contributed by atoms with E-state index in [-0.39, 0.29) is 5.82 Å². The number of halogens is 1. The third-order valence-corrected chi connectivity index (χ3v) is 18.8. The number of aryl methyl sites for hydroxylation is 4. The zero-order valence-corrected chi connectivity index (χ0v) is 49.0. The number of nitrogens with zero attached hydrogens (tertiary/aromatic N) is 3. The molecule has 1 heterocycles. The molecule has 0 aliphatic heterocycles. The zero-order valence-electron chi connectivity index (χ0n) is 49.0. The molecule has 1 aromatic heterocycles. The standard InChI is InChI=1S/C83H60FN3/c1-52-33-36-59(45-54(52)3)83(60-37-34-53(2)55(4)46-60)75-50-65(39-42-72(75)82-71-31-18-17-29-69(71)81(51-76(82)83)87(62-25-13-8-14-26-62)80-43-35-58(47-77(80)84)57-21-9-6-10-22-57)85(63-38-41-67-56(5)66-27-15-16-28-68(66)73(67)48-63)64-40-44-79-74(49-64)70-30-19-20-32-78(70)86(79)61-23-11-7-12-24-61/h6-51H,5H2,1-4H3. The second kappa shape index (κ2) is 20.2. The van der Waals surface area contributed by atoms with Gasteiger partial charge in [-0.15, -0.1) is 0 Å². The third-order valence-electron chi connectivity index (χ3n) is 18.8.